The molecule has 0 aromatic rings. The first-order valence-corrected chi connectivity index (χ1v) is 16.1. The Morgan fingerprint density at radius 3 is 1.79 bits per heavy atom. The van der Waals surface area contributed by atoms with Gasteiger partial charge in [0.1, 0.15) is 6.10 Å². The Morgan fingerprint density at radius 2 is 1.18 bits per heavy atom. The number of allylic oxidation sites excluding steroid dienone is 6. The van der Waals surface area contributed by atoms with Gasteiger partial charge in [0.05, 0.1) is 13.2 Å². The topological polar surface area (TPSA) is 55.8 Å². The highest BCUT2D eigenvalue weighted by molar-refractivity contribution is 5.69. The molecule has 0 saturated heterocycles. The summed E-state index contributed by atoms with van der Waals surface area (Å²) in [5, 5.41) is 9.50. The number of hydrogen-bond donors (Lipinski definition) is 1. The standard InChI is InChI=1S/C34H62O4/c1-3-5-7-9-11-13-15-16-17-18-19-21-23-25-27-29-34(36)38-33(31-35)32-37-30-28-26-24-22-20-14-12-10-8-6-4-2/h5,7,11,13,16-17,33,35H,3-4,6,8-10,12,14-15,18-32H2,1-2H3/b7-5-,13-11-,17-16-. The van der Waals surface area contributed by atoms with Crippen LogP contribution in [0.3, 0.4) is 0 Å². The van der Waals surface area contributed by atoms with E-state index in [4.69, 9.17) is 9.47 Å². The quantitative estimate of drug-likeness (QED) is 0.0589. The number of carbonyl (C=O) groups excluding carboxylic acids is 1. The summed E-state index contributed by atoms with van der Waals surface area (Å²) in [6.45, 7) is 5.21. The van der Waals surface area contributed by atoms with Crippen LogP contribution in [0.25, 0.3) is 0 Å². The third-order valence-electron chi connectivity index (χ3n) is 6.73. The fourth-order valence-corrected chi connectivity index (χ4v) is 4.34. The van der Waals surface area contributed by atoms with Crippen LogP contribution in [0.5, 0.6) is 0 Å². The van der Waals surface area contributed by atoms with Crippen LogP contribution in [0, 0.1) is 0 Å². The minimum absolute atomic E-state index is 0.177. The molecule has 0 amide bonds. The van der Waals surface area contributed by atoms with Crippen LogP contribution in [0.4, 0.5) is 0 Å². The smallest absolute Gasteiger partial charge is 0.306 e. The van der Waals surface area contributed by atoms with Crippen LogP contribution >= 0.6 is 0 Å². The first-order valence-electron chi connectivity index (χ1n) is 16.1. The van der Waals surface area contributed by atoms with Crippen molar-refractivity contribution < 1.29 is 19.4 Å². The molecule has 1 atom stereocenters. The lowest BCUT2D eigenvalue weighted by molar-refractivity contribution is -0.154. The number of unbranched alkanes of at least 4 members (excludes halogenated alkanes) is 15. The SMILES string of the molecule is CC/C=C\C/C=C\C/C=C\CCCCCCCC(=O)OC(CO)COCCCCCCCCCCCCC. The van der Waals surface area contributed by atoms with Crippen molar-refractivity contribution in [3.05, 3.63) is 36.5 Å². The van der Waals surface area contributed by atoms with Gasteiger partial charge >= 0.3 is 5.97 Å². The highest BCUT2D eigenvalue weighted by atomic mass is 16.6. The van der Waals surface area contributed by atoms with E-state index in [1.807, 2.05) is 0 Å². The maximum atomic E-state index is 12.1. The first kappa shape index (κ1) is 36.6. The van der Waals surface area contributed by atoms with Gasteiger partial charge in [-0.2, -0.15) is 0 Å². The predicted molar refractivity (Wildman–Crippen MR) is 164 cm³/mol. The second-order valence-electron chi connectivity index (χ2n) is 10.5. The molecule has 0 spiro atoms. The molecule has 0 aliphatic heterocycles. The van der Waals surface area contributed by atoms with Gasteiger partial charge in [0.2, 0.25) is 0 Å². The van der Waals surface area contributed by atoms with Gasteiger partial charge in [0, 0.05) is 13.0 Å². The first-order chi connectivity index (χ1) is 18.7. The van der Waals surface area contributed by atoms with E-state index in [0.29, 0.717) is 19.6 Å². The van der Waals surface area contributed by atoms with Crippen molar-refractivity contribution in [2.75, 3.05) is 19.8 Å². The average molecular weight is 535 g/mol. The zero-order valence-electron chi connectivity index (χ0n) is 25.2. The molecule has 0 aromatic heterocycles. The third kappa shape index (κ3) is 29.2. The summed E-state index contributed by atoms with van der Waals surface area (Å²) in [6, 6.07) is 0. The van der Waals surface area contributed by atoms with Crippen LogP contribution < -0.4 is 0 Å². The van der Waals surface area contributed by atoms with Crippen molar-refractivity contribution in [2.24, 2.45) is 0 Å². The molecule has 0 radical (unpaired) electrons. The van der Waals surface area contributed by atoms with Gasteiger partial charge in [-0.15, -0.1) is 0 Å². The Labute approximate surface area is 236 Å². The molecule has 0 fully saturated rings. The largest absolute Gasteiger partial charge is 0.457 e. The molecule has 1 unspecified atom stereocenters. The number of hydrogen-bond acceptors (Lipinski definition) is 4. The third-order valence-corrected chi connectivity index (χ3v) is 6.73. The van der Waals surface area contributed by atoms with E-state index in [9.17, 15) is 9.90 Å². The van der Waals surface area contributed by atoms with Gasteiger partial charge < -0.3 is 14.6 Å². The summed E-state index contributed by atoms with van der Waals surface area (Å²) in [5.41, 5.74) is 0. The van der Waals surface area contributed by atoms with Crippen LogP contribution in [0.15, 0.2) is 36.5 Å². The van der Waals surface area contributed by atoms with Gasteiger partial charge in [-0.1, -0.05) is 134 Å². The van der Waals surface area contributed by atoms with Crippen molar-refractivity contribution in [1.29, 1.82) is 0 Å². The minimum atomic E-state index is -0.537. The number of carbonyl (C=O) groups is 1. The van der Waals surface area contributed by atoms with Gasteiger partial charge in [-0.3, -0.25) is 4.79 Å². The molecule has 0 saturated carbocycles. The number of esters is 1. The monoisotopic (exact) mass is 534 g/mol. The highest BCUT2D eigenvalue weighted by Crippen LogP contribution is 2.12. The molecule has 0 aromatic carbocycles. The van der Waals surface area contributed by atoms with Crippen LogP contribution in [0.1, 0.15) is 149 Å². The van der Waals surface area contributed by atoms with Crippen molar-refractivity contribution in [3.63, 3.8) is 0 Å². The highest BCUT2D eigenvalue weighted by Gasteiger charge is 2.13. The van der Waals surface area contributed by atoms with E-state index in [2.05, 4.69) is 50.3 Å². The molecule has 222 valence electrons. The van der Waals surface area contributed by atoms with Crippen molar-refractivity contribution >= 4 is 5.97 Å². The lowest BCUT2D eigenvalue weighted by atomic mass is 10.1. The number of ether oxygens (including phenoxy) is 2. The van der Waals surface area contributed by atoms with Gasteiger partial charge in [-0.05, 0) is 44.9 Å². The van der Waals surface area contributed by atoms with E-state index in [-0.39, 0.29) is 12.6 Å². The average Bonchev–Trinajstić information content (AvgIpc) is 2.92. The molecule has 0 rings (SSSR count). The van der Waals surface area contributed by atoms with Crippen molar-refractivity contribution in [1.82, 2.24) is 0 Å². The normalized spacial score (nSPS) is 12.8. The molecular formula is C34H62O4. The minimum Gasteiger partial charge on any atom is -0.457 e. The Morgan fingerprint density at radius 1 is 0.658 bits per heavy atom. The second-order valence-corrected chi connectivity index (χ2v) is 10.5. The Kier molecular flexibility index (Phi) is 30.7. The lowest BCUT2D eigenvalue weighted by Gasteiger charge is -2.15. The molecule has 0 aliphatic rings. The molecule has 0 bridgehead atoms. The summed E-state index contributed by atoms with van der Waals surface area (Å²) >= 11 is 0. The molecule has 38 heavy (non-hydrogen) atoms. The Bertz CT molecular complexity index is 567. The fourth-order valence-electron chi connectivity index (χ4n) is 4.34. The summed E-state index contributed by atoms with van der Waals surface area (Å²) in [4.78, 5) is 12.1. The van der Waals surface area contributed by atoms with Gasteiger partial charge in [0.15, 0.2) is 0 Å². The molecule has 0 heterocycles. The number of rotatable bonds is 29. The van der Waals surface area contributed by atoms with Gasteiger partial charge in [-0.25, -0.2) is 0 Å². The maximum Gasteiger partial charge on any atom is 0.306 e. The van der Waals surface area contributed by atoms with E-state index in [0.717, 1.165) is 51.4 Å². The number of aliphatic hydroxyl groups excluding tert-OH is 1. The molecule has 1 N–H and O–H groups in total. The van der Waals surface area contributed by atoms with E-state index in [1.165, 1.54) is 77.0 Å². The van der Waals surface area contributed by atoms with E-state index in [1.54, 1.807) is 0 Å². The zero-order chi connectivity index (χ0) is 27.8. The summed E-state index contributed by atoms with van der Waals surface area (Å²) in [7, 11) is 0. The molecule has 4 heteroatoms. The Balaban J connectivity index is 3.50. The van der Waals surface area contributed by atoms with Crippen molar-refractivity contribution in [3.8, 4) is 0 Å². The Hall–Kier alpha value is -1.39. The van der Waals surface area contributed by atoms with E-state index >= 15 is 0 Å². The number of aliphatic hydroxyl groups is 1. The second kappa shape index (κ2) is 31.8. The zero-order valence-corrected chi connectivity index (χ0v) is 25.2. The fraction of sp³-hybridized carbons (Fsp3) is 0.794. The summed E-state index contributed by atoms with van der Waals surface area (Å²) in [5.74, 6) is -0.219. The summed E-state index contributed by atoms with van der Waals surface area (Å²) in [6.07, 6.45) is 37.4. The maximum absolute atomic E-state index is 12.1. The molecular weight excluding hydrogens is 472 g/mol. The van der Waals surface area contributed by atoms with Gasteiger partial charge in [0.25, 0.3) is 0 Å². The van der Waals surface area contributed by atoms with Crippen molar-refractivity contribution in [2.45, 2.75) is 155 Å². The van der Waals surface area contributed by atoms with E-state index < -0.39 is 6.10 Å². The van der Waals surface area contributed by atoms with Crippen LogP contribution in [-0.4, -0.2) is 37.0 Å². The van der Waals surface area contributed by atoms with Crippen LogP contribution in [0.2, 0.25) is 0 Å². The van der Waals surface area contributed by atoms with Crippen LogP contribution in [-0.2, 0) is 14.3 Å². The summed E-state index contributed by atoms with van der Waals surface area (Å²) < 4.78 is 11.0. The lowest BCUT2D eigenvalue weighted by Crippen LogP contribution is -2.27. The molecule has 0 aliphatic carbocycles. The predicted octanol–water partition coefficient (Wildman–Crippen LogP) is 9.81. The molecule has 4 nitrogen and oxygen atoms in total.